The van der Waals surface area contributed by atoms with E-state index in [-0.39, 0.29) is 31.1 Å². The third-order valence-electron chi connectivity index (χ3n) is 6.69. The lowest BCUT2D eigenvalue weighted by Crippen LogP contribution is -2.57. The van der Waals surface area contributed by atoms with Gasteiger partial charge in [0.2, 0.25) is 17.7 Å². The summed E-state index contributed by atoms with van der Waals surface area (Å²) in [6.45, 7) is 0.931. The van der Waals surface area contributed by atoms with Crippen molar-refractivity contribution in [2.45, 2.75) is 75.5 Å². The fraction of sp³-hybridized carbons (Fsp3) is 0.577. The number of carboxylic acids is 1. The predicted molar refractivity (Wildman–Crippen MR) is 149 cm³/mol. The van der Waals surface area contributed by atoms with Crippen molar-refractivity contribution >= 4 is 29.7 Å². The van der Waals surface area contributed by atoms with Crippen LogP contribution in [0.1, 0.15) is 50.5 Å². The molecule has 1 saturated heterocycles. The van der Waals surface area contributed by atoms with Gasteiger partial charge in [0.1, 0.15) is 23.9 Å². The zero-order valence-corrected chi connectivity index (χ0v) is 22.6. The molecule has 1 aliphatic rings. The maximum Gasteiger partial charge on any atom is 0.326 e. The number of aliphatic carboxylic acids is 1. The number of unbranched alkanes of at least 4 members (excludes halogenated alkanes) is 1. The zero-order chi connectivity index (χ0) is 29.7. The van der Waals surface area contributed by atoms with Crippen LogP contribution < -0.4 is 33.6 Å². The minimum Gasteiger partial charge on any atom is -0.508 e. The number of nitrogens with one attached hydrogen (secondary N) is 2. The van der Waals surface area contributed by atoms with Gasteiger partial charge < -0.3 is 48.7 Å². The molecule has 222 valence electrons. The molecule has 1 fully saturated rings. The van der Waals surface area contributed by atoms with Gasteiger partial charge in [-0.3, -0.25) is 19.4 Å². The Morgan fingerprint density at radius 2 is 1.70 bits per heavy atom. The van der Waals surface area contributed by atoms with E-state index < -0.39 is 47.9 Å². The summed E-state index contributed by atoms with van der Waals surface area (Å²) in [6.07, 6.45) is 3.08. The molecule has 0 bridgehead atoms. The zero-order valence-electron chi connectivity index (χ0n) is 22.6. The van der Waals surface area contributed by atoms with E-state index in [9.17, 15) is 29.4 Å². The molecule has 0 spiro atoms. The number of carbonyl (C=O) groups is 4. The molecule has 14 nitrogen and oxygen atoms in total. The van der Waals surface area contributed by atoms with Crippen LogP contribution in [-0.4, -0.2) is 88.6 Å². The average molecular weight is 563 g/mol. The Bertz CT molecular complexity index is 1030. The average Bonchev–Trinajstić information content (AvgIpc) is 3.40. The highest BCUT2D eigenvalue weighted by atomic mass is 16.4. The number of rotatable bonds is 16. The van der Waals surface area contributed by atoms with Gasteiger partial charge in [-0.05, 0) is 75.6 Å². The number of hydrogen-bond acceptors (Lipinski definition) is 8. The quantitative estimate of drug-likeness (QED) is 0.0656. The summed E-state index contributed by atoms with van der Waals surface area (Å²) in [5, 5.41) is 24.3. The summed E-state index contributed by atoms with van der Waals surface area (Å²) in [4.78, 5) is 56.5. The Hall–Kier alpha value is -3.91. The first-order chi connectivity index (χ1) is 19.0. The number of phenolic OH excluding ortho intramolecular Hbond substituents is 1. The molecular formula is C26H42N8O6. The molecule has 1 heterocycles. The van der Waals surface area contributed by atoms with Gasteiger partial charge in [0.15, 0.2) is 5.96 Å². The number of phenols is 1. The number of aliphatic imine (C=N–C) groups is 1. The van der Waals surface area contributed by atoms with Crippen LogP contribution in [0.3, 0.4) is 0 Å². The van der Waals surface area contributed by atoms with Crippen LogP contribution in [0.15, 0.2) is 29.3 Å². The van der Waals surface area contributed by atoms with Gasteiger partial charge in [0.05, 0.1) is 6.04 Å². The summed E-state index contributed by atoms with van der Waals surface area (Å²) >= 11 is 0. The molecule has 4 unspecified atom stereocenters. The van der Waals surface area contributed by atoms with Gasteiger partial charge in [-0.25, -0.2) is 4.79 Å². The Labute approximate surface area is 233 Å². The van der Waals surface area contributed by atoms with Crippen LogP contribution >= 0.6 is 0 Å². The Morgan fingerprint density at radius 1 is 1.02 bits per heavy atom. The van der Waals surface area contributed by atoms with Crippen molar-refractivity contribution in [2.75, 3.05) is 19.6 Å². The van der Waals surface area contributed by atoms with E-state index in [0.29, 0.717) is 51.6 Å². The molecule has 12 N–H and O–H groups in total. The van der Waals surface area contributed by atoms with E-state index in [1.54, 1.807) is 12.1 Å². The number of likely N-dealkylation sites (tertiary alicyclic amines) is 1. The van der Waals surface area contributed by atoms with Crippen molar-refractivity contribution in [1.82, 2.24) is 15.5 Å². The number of benzene rings is 1. The second-order valence-electron chi connectivity index (χ2n) is 9.86. The van der Waals surface area contributed by atoms with Crippen molar-refractivity contribution in [3.8, 4) is 5.75 Å². The number of aromatic hydroxyl groups is 1. The van der Waals surface area contributed by atoms with Crippen LogP contribution in [0.2, 0.25) is 0 Å². The number of nitrogens with zero attached hydrogens (tertiary/aromatic N) is 2. The first-order valence-electron chi connectivity index (χ1n) is 13.5. The predicted octanol–water partition coefficient (Wildman–Crippen LogP) is -1.51. The SMILES string of the molecule is NCCCCC(NC(=O)C(N)Cc1ccc(O)cc1)C(=O)N1CCCC1C(=O)NC(CCCN=C(N)N)C(=O)O. The van der Waals surface area contributed by atoms with Crippen molar-refractivity contribution in [3.63, 3.8) is 0 Å². The smallest absolute Gasteiger partial charge is 0.326 e. The number of carbonyl (C=O) groups excluding carboxylic acids is 3. The first-order valence-corrected chi connectivity index (χ1v) is 13.5. The normalized spacial score (nSPS) is 16.9. The van der Waals surface area contributed by atoms with Crippen molar-refractivity contribution in [1.29, 1.82) is 0 Å². The first kappa shape index (κ1) is 32.3. The lowest BCUT2D eigenvalue weighted by molar-refractivity contribution is -0.145. The summed E-state index contributed by atoms with van der Waals surface area (Å²) in [6, 6.07) is 2.41. The maximum atomic E-state index is 13.6. The standard InChI is InChI=1S/C26H42N8O6/c27-12-2-1-5-19(32-22(36)18(28)15-16-8-10-17(35)11-9-16)24(38)34-14-4-7-21(34)23(37)33-20(25(39)40)6-3-13-31-26(29)30/h8-11,18-21,35H,1-7,12-15,27-28H2,(H,32,36)(H,33,37)(H,39,40)(H4,29,30,31). The topological polar surface area (TPSA) is 252 Å². The van der Waals surface area contributed by atoms with Crippen LogP contribution in [-0.2, 0) is 25.6 Å². The fourth-order valence-electron chi connectivity index (χ4n) is 4.54. The molecule has 1 aromatic carbocycles. The molecule has 14 heteroatoms. The molecular weight excluding hydrogens is 520 g/mol. The number of carboxylic acid groups (broad SMARTS) is 1. The monoisotopic (exact) mass is 562 g/mol. The Morgan fingerprint density at radius 3 is 2.33 bits per heavy atom. The van der Waals surface area contributed by atoms with Crippen molar-refractivity contribution in [2.24, 2.45) is 27.9 Å². The van der Waals surface area contributed by atoms with Crippen molar-refractivity contribution < 1.29 is 29.4 Å². The second-order valence-corrected chi connectivity index (χ2v) is 9.86. The summed E-state index contributed by atoms with van der Waals surface area (Å²) in [5.74, 6) is -2.74. The summed E-state index contributed by atoms with van der Waals surface area (Å²) in [5.41, 5.74) is 23.0. The van der Waals surface area contributed by atoms with E-state index in [4.69, 9.17) is 22.9 Å². The lowest BCUT2D eigenvalue weighted by Gasteiger charge is -2.30. The molecule has 0 aliphatic carbocycles. The van der Waals surface area contributed by atoms with E-state index >= 15 is 0 Å². The largest absolute Gasteiger partial charge is 0.508 e. The third-order valence-corrected chi connectivity index (χ3v) is 6.69. The van der Waals surface area contributed by atoms with Crippen LogP contribution in [0, 0.1) is 0 Å². The van der Waals surface area contributed by atoms with Crippen LogP contribution in [0.25, 0.3) is 0 Å². The minimum atomic E-state index is -1.21. The van der Waals surface area contributed by atoms with Crippen LogP contribution in [0.5, 0.6) is 5.75 Å². The number of guanidine groups is 1. The van der Waals surface area contributed by atoms with Gasteiger partial charge in [0.25, 0.3) is 0 Å². The van der Waals surface area contributed by atoms with E-state index in [2.05, 4.69) is 15.6 Å². The molecule has 3 amide bonds. The van der Waals surface area contributed by atoms with Gasteiger partial charge in [-0.1, -0.05) is 12.1 Å². The summed E-state index contributed by atoms with van der Waals surface area (Å²) in [7, 11) is 0. The number of hydrogen-bond donors (Lipinski definition) is 8. The molecule has 1 aliphatic heterocycles. The van der Waals surface area contributed by atoms with Gasteiger partial charge in [-0.2, -0.15) is 0 Å². The van der Waals surface area contributed by atoms with E-state index in [1.165, 1.54) is 17.0 Å². The van der Waals surface area contributed by atoms with Crippen molar-refractivity contribution in [3.05, 3.63) is 29.8 Å². The molecule has 2 rings (SSSR count). The molecule has 0 radical (unpaired) electrons. The molecule has 1 aromatic rings. The Balaban J connectivity index is 2.07. The van der Waals surface area contributed by atoms with E-state index in [0.717, 1.165) is 5.56 Å². The fourth-order valence-corrected chi connectivity index (χ4v) is 4.54. The summed E-state index contributed by atoms with van der Waals surface area (Å²) < 4.78 is 0. The van der Waals surface area contributed by atoms with E-state index in [1.807, 2.05) is 0 Å². The molecule has 0 aromatic heterocycles. The number of nitrogens with two attached hydrogens (primary N) is 4. The molecule has 0 saturated carbocycles. The minimum absolute atomic E-state index is 0.0946. The Kier molecular flexibility index (Phi) is 13.1. The van der Waals surface area contributed by atoms with Gasteiger partial charge in [0, 0.05) is 13.1 Å². The molecule has 4 atom stereocenters. The highest BCUT2D eigenvalue weighted by Crippen LogP contribution is 2.21. The lowest BCUT2D eigenvalue weighted by atomic mass is 10.0. The highest BCUT2D eigenvalue weighted by Gasteiger charge is 2.39. The van der Waals surface area contributed by atoms with Gasteiger partial charge >= 0.3 is 5.97 Å². The maximum absolute atomic E-state index is 13.6. The van der Waals surface area contributed by atoms with Crippen LogP contribution in [0.4, 0.5) is 0 Å². The second kappa shape index (κ2) is 16.3. The molecule has 40 heavy (non-hydrogen) atoms. The highest BCUT2D eigenvalue weighted by molar-refractivity contribution is 5.94. The van der Waals surface area contributed by atoms with Gasteiger partial charge in [-0.15, -0.1) is 0 Å². The third kappa shape index (κ3) is 10.3. The number of amides is 3.